The first-order chi connectivity index (χ1) is 15.9. The van der Waals surface area contributed by atoms with E-state index in [4.69, 9.17) is 26.2 Å². The lowest BCUT2D eigenvalue weighted by Crippen LogP contribution is -2.38. The average Bonchev–Trinajstić information content (AvgIpc) is 3.63. The summed E-state index contributed by atoms with van der Waals surface area (Å²) in [6, 6.07) is 15.0. The summed E-state index contributed by atoms with van der Waals surface area (Å²) in [5.74, 6) is 2.35. The summed E-state index contributed by atoms with van der Waals surface area (Å²) >= 11 is 6.27. The van der Waals surface area contributed by atoms with E-state index >= 15 is 0 Å². The molecule has 0 unspecified atom stereocenters. The number of carbonyl (C=O) groups excluding carboxylic acids is 1. The smallest absolute Gasteiger partial charge is 0.227 e. The molecule has 4 rings (SSSR count). The lowest BCUT2D eigenvalue weighted by Gasteiger charge is -2.29. The van der Waals surface area contributed by atoms with E-state index < -0.39 is 0 Å². The minimum atomic E-state index is 0.126. The van der Waals surface area contributed by atoms with Gasteiger partial charge in [0.2, 0.25) is 11.8 Å². The van der Waals surface area contributed by atoms with Crippen LogP contribution in [0.5, 0.6) is 17.4 Å². The van der Waals surface area contributed by atoms with Crippen LogP contribution < -0.4 is 9.47 Å². The number of methoxy groups -OCH3 is 1. The maximum Gasteiger partial charge on any atom is 0.227 e. The van der Waals surface area contributed by atoms with E-state index in [9.17, 15) is 4.79 Å². The Morgan fingerprint density at radius 1 is 1.21 bits per heavy atom. The number of hydrogen-bond donors (Lipinski definition) is 0. The molecule has 1 aliphatic carbocycles. The predicted octanol–water partition coefficient (Wildman–Crippen LogP) is 6.17. The van der Waals surface area contributed by atoms with E-state index in [1.807, 2.05) is 60.4 Å². The fourth-order valence-corrected chi connectivity index (χ4v) is 3.95. The standard InChI is InChI=1S/C26H30ClN3O3/c1-5-17(2)29(25(31)19-9-10-19)16-24-18(3)28-30(21-8-6-7-20(27)15-21)26(24)33-23-13-11-22(32-4)12-14-23/h6-8,11-15,17,19H,5,9-10,16H2,1-4H3/t17-/m1/s1. The summed E-state index contributed by atoms with van der Waals surface area (Å²) in [6.07, 6.45) is 2.83. The SMILES string of the molecule is CC[C@@H](C)N(Cc1c(C)nn(-c2cccc(Cl)c2)c1Oc1ccc(OC)cc1)C(=O)C1CC1. The molecule has 1 amide bonds. The third-order valence-corrected chi connectivity index (χ3v) is 6.36. The second-order valence-electron chi connectivity index (χ2n) is 8.54. The topological polar surface area (TPSA) is 56.6 Å². The number of halogens is 1. The number of rotatable bonds is 9. The van der Waals surface area contributed by atoms with Gasteiger partial charge in [-0.1, -0.05) is 24.6 Å². The lowest BCUT2D eigenvalue weighted by molar-refractivity contribution is -0.135. The van der Waals surface area contributed by atoms with Crippen molar-refractivity contribution in [2.45, 2.75) is 52.6 Å². The van der Waals surface area contributed by atoms with Crippen LogP contribution in [0, 0.1) is 12.8 Å². The first-order valence-corrected chi connectivity index (χ1v) is 11.8. The number of aryl methyl sites for hydroxylation is 1. The van der Waals surface area contributed by atoms with E-state index in [1.54, 1.807) is 11.8 Å². The molecule has 174 valence electrons. The second kappa shape index (κ2) is 9.87. The summed E-state index contributed by atoms with van der Waals surface area (Å²) in [5.41, 5.74) is 2.50. The van der Waals surface area contributed by atoms with Crippen LogP contribution >= 0.6 is 11.6 Å². The molecule has 1 atom stereocenters. The predicted molar refractivity (Wildman–Crippen MR) is 129 cm³/mol. The molecule has 1 aliphatic rings. The highest BCUT2D eigenvalue weighted by Crippen LogP contribution is 2.36. The highest BCUT2D eigenvalue weighted by atomic mass is 35.5. The van der Waals surface area contributed by atoms with Crippen LogP contribution in [0.4, 0.5) is 0 Å². The Labute approximate surface area is 200 Å². The van der Waals surface area contributed by atoms with Gasteiger partial charge in [0.15, 0.2) is 0 Å². The fraction of sp³-hybridized carbons (Fsp3) is 0.385. The molecule has 0 spiro atoms. The minimum absolute atomic E-state index is 0.126. The molecular formula is C26H30ClN3O3. The van der Waals surface area contributed by atoms with Crippen LogP contribution in [0.1, 0.15) is 44.4 Å². The first-order valence-electron chi connectivity index (χ1n) is 11.4. The lowest BCUT2D eigenvalue weighted by atomic mass is 10.1. The Kier molecular flexibility index (Phi) is 6.94. The molecule has 0 saturated heterocycles. The van der Waals surface area contributed by atoms with Gasteiger partial charge in [0.05, 0.1) is 30.6 Å². The van der Waals surface area contributed by atoms with E-state index in [-0.39, 0.29) is 17.9 Å². The molecule has 0 bridgehead atoms. The van der Waals surface area contributed by atoms with Crippen LogP contribution in [0.2, 0.25) is 5.02 Å². The highest BCUT2D eigenvalue weighted by Gasteiger charge is 2.36. The number of benzene rings is 2. The quantitative estimate of drug-likeness (QED) is 0.377. The van der Waals surface area contributed by atoms with Crippen molar-refractivity contribution in [3.63, 3.8) is 0 Å². The molecule has 6 nitrogen and oxygen atoms in total. The largest absolute Gasteiger partial charge is 0.497 e. The summed E-state index contributed by atoms with van der Waals surface area (Å²) in [4.78, 5) is 15.1. The fourth-order valence-electron chi connectivity index (χ4n) is 3.77. The third kappa shape index (κ3) is 5.17. The van der Waals surface area contributed by atoms with Gasteiger partial charge in [0.25, 0.3) is 0 Å². The Morgan fingerprint density at radius 2 is 1.91 bits per heavy atom. The molecule has 33 heavy (non-hydrogen) atoms. The van der Waals surface area contributed by atoms with Crippen molar-refractivity contribution in [2.24, 2.45) is 5.92 Å². The molecule has 7 heteroatoms. The van der Waals surface area contributed by atoms with E-state index in [0.717, 1.165) is 42.0 Å². The zero-order chi connectivity index (χ0) is 23.5. The summed E-state index contributed by atoms with van der Waals surface area (Å²) in [7, 11) is 1.63. The molecular weight excluding hydrogens is 438 g/mol. The van der Waals surface area contributed by atoms with Crippen molar-refractivity contribution in [3.05, 3.63) is 64.8 Å². The number of aromatic nitrogens is 2. The van der Waals surface area contributed by atoms with Gasteiger partial charge < -0.3 is 14.4 Å². The van der Waals surface area contributed by atoms with Crippen molar-refractivity contribution in [2.75, 3.05) is 7.11 Å². The van der Waals surface area contributed by atoms with Gasteiger partial charge in [-0.2, -0.15) is 5.10 Å². The highest BCUT2D eigenvalue weighted by molar-refractivity contribution is 6.30. The molecule has 0 radical (unpaired) electrons. The van der Waals surface area contributed by atoms with E-state index in [2.05, 4.69) is 13.8 Å². The summed E-state index contributed by atoms with van der Waals surface area (Å²) in [5, 5.41) is 5.39. The molecule has 1 aromatic heterocycles. The third-order valence-electron chi connectivity index (χ3n) is 6.13. The van der Waals surface area contributed by atoms with Crippen LogP contribution in [0.25, 0.3) is 5.69 Å². The number of amides is 1. The zero-order valence-electron chi connectivity index (χ0n) is 19.5. The van der Waals surface area contributed by atoms with Gasteiger partial charge in [-0.3, -0.25) is 4.79 Å². The minimum Gasteiger partial charge on any atom is -0.497 e. The van der Waals surface area contributed by atoms with Gasteiger partial charge in [-0.15, -0.1) is 0 Å². The Balaban J connectivity index is 1.76. The van der Waals surface area contributed by atoms with Crippen molar-refractivity contribution in [1.82, 2.24) is 14.7 Å². The molecule has 0 aliphatic heterocycles. The van der Waals surface area contributed by atoms with Crippen molar-refractivity contribution >= 4 is 17.5 Å². The Morgan fingerprint density at radius 3 is 2.52 bits per heavy atom. The van der Waals surface area contributed by atoms with Crippen molar-refractivity contribution < 1.29 is 14.3 Å². The van der Waals surface area contributed by atoms with Crippen LogP contribution in [-0.4, -0.2) is 33.7 Å². The summed E-state index contributed by atoms with van der Waals surface area (Å²) < 4.78 is 13.4. The average molecular weight is 468 g/mol. The molecule has 1 fully saturated rings. The van der Waals surface area contributed by atoms with Gasteiger partial charge in [-0.25, -0.2) is 4.68 Å². The number of ether oxygens (including phenoxy) is 2. The van der Waals surface area contributed by atoms with Gasteiger partial charge in [0.1, 0.15) is 11.5 Å². The van der Waals surface area contributed by atoms with E-state index in [0.29, 0.717) is 23.2 Å². The maximum atomic E-state index is 13.1. The van der Waals surface area contributed by atoms with Crippen LogP contribution in [0.3, 0.4) is 0 Å². The van der Waals surface area contributed by atoms with E-state index in [1.165, 1.54) is 0 Å². The van der Waals surface area contributed by atoms with Crippen LogP contribution in [-0.2, 0) is 11.3 Å². The Bertz CT molecular complexity index is 1120. The van der Waals surface area contributed by atoms with Crippen LogP contribution in [0.15, 0.2) is 48.5 Å². The second-order valence-corrected chi connectivity index (χ2v) is 8.97. The number of carbonyl (C=O) groups is 1. The first kappa shape index (κ1) is 23.2. The Hall–Kier alpha value is -2.99. The summed E-state index contributed by atoms with van der Waals surface area (Å²) in [6.45, 7) is 6.60. The van der Waals surface area contributed by atoms with Gasteiger partial charge in [-0.05, 0) is 75.6 Å². The maximum absolute atomic E-state index is 13.1. The van der Waals surface area contributed by atoms with Gasteiger partial charge >= 0.3 is 0 Å². The van der Waals surface area contributed by atoms with Gasteiger partial charge in [0, 0.05) is 17.0 Å². The number of hydrogen-bond acceptors (Lipinski definition) is 4. The van der Waals surface area contributed by atoms with Crippen molar-refractivity contribution in [1.29, 1.82) is 0 Å². The molecule has 0 N–H and O–H groups in total. The van der Waals surface area contributed by atoms with Crippen molar-refractivity contribution in [3.8, 4) is 23.1 Å². The number of nitrogens with zero attached hydrogens (tertiary/aromatic N) is 3. The normalized spacial score (nSPS) is 14.1. The molecule has 2 aromatic carbocycles. The molecule has 3 aromatic rings. The molecule has 1 saturated carbocycles. The zero-order valence-corrected chi connectivity index (χ0v) is 20.3. The monoisotopic (exact) mass is 467 g/mol. The molecule has 1 heterocycles.